The van der Waals surface area contributed by atoms with Crippen LogP contribution in [0.5, 0.6) is 5.75 Å². The zero-order valence-electron chi connectivity index (χ0n) is 20.4. The van der Waals surface area contributed by atoms with Crippen LogP contribution in [-0.4, -0.2) is 54.8 Å². The summed E-state index contributed by atoms with van der Waals surface area (Å²) >= 11 is 3.41. The molecule has 0 aliphatic rings. The Hall–Kier alpha value is -2.09. The number of likely N-dealkylation sites (N-methyl/N-ethyl adjacent to an activating group) is 1. The van der Waals surface area contributed by atoms with E-state index in [0.29, 0.717) is 13.0 Å². The third-order valence-corrected chi connectivity index (χ3v) is 8.17. The summed E-state index contributed by atoms with van der Waals surface area (Å²) in [7, 11) is 1.67. The van der Waals surface area contributed by atoms with Gasteiger partial charge in [0.05, 0.1) is 17.3 Å². The van der Waals surface area contributed by atoms with Crippen molar-refractivity contribution in [2.75, 3.05) is 43.9 Å². The highest BCUT2D eigenvalue weighted by atomic mass is 32.2. The largest absolute Gasteiger partial charge is 0.497 e. The molecule has 7 heteroatoms. The molecule has 0 N–H and O–H groups in total. The van der Waals surface area contributed by atoms with Crippen LogP contribution in [0.3, 0.4) is 0 Å². The molecule has 178 valence electrons. The molecule has 1 heterocycles. The number of rotatable bonds is 12. The summed E-state index contributed by atoms with van der Waals surface area (Å²) in [5.74, 6) is 1.92. The van der Waals surface area contributed by atoms with Crippen molar-refractivity contribution in [3.63, 3.8) is 0 Å². The van der Waals surface area contributed by atoms with Crippen LogP contribution in [0.4, 0.5) is 5.13 Å². The number of fused-ring (bicyclic) bond motifs is 1. The predicted molar refractivity (Wildman–Crippen MR) is 142 cm³/mol. The van der Waals surface area contributed by atoms with Gasteiger partial charge in [-0.1, -0.05) is 37.3 Å². The van der Waals surface area contributed by atoms with Crippen LogP contribution < -0.4 is 9.64 Å². The Morgan fingerprint density at radius 2 is 1.73 bits per heavy atom. The lowest BCUT2D eigenvalue weighted by Crippen LogP contribution is -2.38. The fourth-order valence-electron chi connectivity index (χ4n) is 3.69. The van der Waals surface area contributed by atoms with Gasteiger partial charge in [0, 0.05) is 24.4 Å². The van der Waals surface area contributed by atoms with E-state index in [9.17, 15) is 4.79 Å². The standard InChI is InChI=1S/C26H35N3O2S2/c1-6-28(7-2)16-17-29(26-27-24-19(3)10-11-20(4)25(24)33-26)23(30)9-8-18-32-22-14-12-21(31-5)13-15-22/h10-15H,6-9,16-18H2,1-5H3. The molecule has 0 aliphatic heterocycles. The van der Waals surface area contributed by atoms with Crippen molar-refractivity contribution in [1.29, 1.82) is 0 Å². The molecule has 3 rings (SSSR count). The van der Waals surface area contributed by atoms with Crippen LogP contribution in [-0.2, 0) is 4.79 Å². The molecule has 1 amide bonds. The number of methoxy groups -OCH3 is 1. The molecule has 3 aromatic rings. The molecule has 0 saturated heterocycles. The van der Waals surface area contributed by atoms with Gasteiger partial charge in [-0.25, -0.2) is 4.98 Å². The number of nitrogens with zero attached hydrogens (tertiary/aromatic N) is 3. The second-order valence-corrected chi connectivity index (χ2v) is 10.2. The first kappa shape index (κ1) is 25.5. The Kier molecular flexibility index (Phi) is 9.59. The van der Waals surface area contributed by atoms with Gasteiger partial charge in [0.15, 0.2) is 5.13 Å². The van der Waals surface area contributed by atoms with E-state index in [4.69, 9.17) is 9.72 Å². The van der Waals surface area contributed by atoms with Gasteiger partial charge >= 0.3 is 0 Å². The minimum Gasteiger partial charge on any atom is -0.497 e. The monoisotopic (exact) mass is 485 g/mol. The molecule has 33 heavy (non-hydrogen) atoms. The van der Waals surface area contributed by atoms with Crippen LogP contribution >= 0.6 is 23.1 Å². The number of aryl methyl sites for hydroxylation is 2. The van der Waals surface area contributed by atoms with Crippen LogP contribution in [0.2, 0.25) is 0 Å². The van der Waals surface area contributed by atoms with Gasteiger partial charge in [-0.05, 0) is 74.5 Å². The van der Waals surface area contributed by atoms with E-state index < -0.39 is 0 Å². The number of amides is 1. The average molecular weight is 486 g/mol. The van der Waals surface area contributed by atoms with Crippen LogP contribution in [0.1, 0.15) is 37.8 Å². The normalized spacial score (nSPS) is 11.3. The van der Waals surface area contributed by atoms with Crippen molar-refractivity contribution in [3.8, 4) is 5.75 Å². The van der Waals surface area contributed by atoms with E-state index >= 15 is 0 Å². The van der Waals surface area contributed by atoms with E-state index in [-0.39, 0.29) is 5.91 Å². The minimum atomic E-state index is 0.159. The van der Waals surface area contributed by atoms with Gasteiger partial charge in [0.1, 0.15) is 5.75 Å². The lowest BCUT2D eigenvalue weighted by atomic mass is 10.1. The van der Waals surface area contributed by atoms with E-state index in [1.165, 1.54) is 15.2 Å². The van der Waals surface area contributed by atoms with Crippen molar-refractivity contribution < 1.29 is 9.53 Å². The number of carbonyl (C=O) groups is 1. The third kappa shape index (κ3) is 6.71. The second kappa shape index (κ2) is 12.4. The summed E-state index contributed by atoms with van der Waals surface area (Å²) in [5.41, 5.74) is 3.39. The highest BCUT2D eigenvalue weighted by molar-refractivity contribution is 7.99. The molecule has 1 aromatic heterocycles. The van der Waals surface area contributed by atoms with Crippen LogP contribution in [0, 0.1) is 13.8 Å². The maximum Gasteiger partial charge on any atom is 0.228 e. The Balaban J connectivity index is 1.68. The lowest BCUT2D eigenvalue weighted by Gasteiger charge is -2.24. The zero-order valence-corrected chi connectivity index (χ0v) is 22.0. The Morgan fingerprint density at radius 3 is 2.36 bits per heavy atom. The minimum absolute atomic E-state index is 0.159. The van der Waals surface area contributed by atoms with E-state index in [1.807, 2.05) is 17.0 Å². The van der Waals surface area contributed by atoms with Gasteiger partial charge in [-0.3, -0.25) is 9.69 Å². The van der Waals surface area contributed by atoms with Gasteiger partial charge in [0.25, 0.3) is 0 Å². The lowest BCUT2D eigenvalue weighted by molar-refractivity contribution is -0.118. The first-order chi connectivity index (χ1) is 16.0. The van der Waals surface area contributed by atoms with Crippen molar-refractivity contribution in [1.82, 2.24) is 9.88 Å². The Morgan fingerprint density at radius 1 is 1.03 bits per heavy atom. The number of benzene rings is 2. The smallest absolute Gasteiger partial charge is 0.228 e. The Bertz CT molecular complexity index is 1010. The summed E-state index contributed by atoms with van der Waals surface area (Å²) in [6.07, 6.45) is 1.36. The number of ether oxygens (including phenoxy) is 1. The second-order valence-electron chi connectivity index (χ2n) is 8.07. The Labute approximate surface area is 206 Å². The topological polar surface area (TPSA) is 45.7 Å². The highest BCUT2D eigenvalue weighted by Crippen LogP contribution is 2.33. The molecular formula is C26H35N3O2S2. The zero-order chi connectivity index (χ0) is 23.8. The summed E-state index contributed by atoms with van der Waals surface area (Å²) in [4.78, 5) is 23.7. The molecule has 0 spiro atoms. The van der Waals surface area contributed by atoms with Gasteiger partial charge in [-0.2, -0.15) is 0 Å². The summed E-state index contributed by atoms with van der Waals surface area (Å²) in [6, 6.07) is 12.3. The number of thioether (sulfide) groups is 1. The average Bonchev–Trinajstić information content (AvgIpc) is 3.29. The number of hydrogen-bond acceptors (Lipinski definition) is 6. The first-order valence-corrected chi connectivity index (χ1v) is 13.4. The van der Waals surface area contributed by atoms with Crippen molar-refractivity contribution in [2.45, 2.75) is 45.4 Å². The van der Waals surface area contributed by atoms with Crippen LogP contribution in [0.15, 0.2) is 41.3 Å². The quantitative estimate of drug-likeness (QED) is 0.227. The number of carbonyl (C=O) groups excluding carboxylic acids is 1. The molecule has 2 aromatic carbocycles. The number of aromatic nitrogens is 1. The summed E-state index contributed by atoms with van der Waals surface area (Å²) < 4.78 is 6.40. The molecule has 0 radical (unpaired) electrons. The van der Waals surface area contributed by atoms with Crippen LogP contribution in [0.25, 0.3) is 10.2 Å². The highest BCUT2D eigenvalue weighted by Gasteiger charge is 2.21. The van der Waals surface area contributed by atoms with Crippen molar-refractivity contribution >= 4 is 44.4 Å². The fraction of sp³-hybridized carbons (Fsp3) is 0.462. The maximum atomic E-state index is 13.3. The molecule has 0 aliphatic carbocycles. The molecule has 0 bridgehead atoms. The molecule has 5 nitrogen and oxygen atoms in total. The molecule has 0 fully saturated rings. The molecular weight excluding hydrogens is 450 g/mol. The van der Waals surface area contributed by atoms with E-state index in [2.05, 4.69) is 56.9 Å². The predicted octanol–water partition coefficient (Wildman–Crippen LogP) is 6.17. The molecule has 0 unspecified atom stereocenters. The van der Waals surface area contributed by atoms with Crippen molar-refractivity contribution in [2.24, 2.45) is 0 Å². The van der Waals surface area contributed by atoms with Crippen molar-refractivity contribution in [3.05, 3.63) is 47.5 Å². The number of hydrogen-bond donors (Lipinski definition) is 0. The van der Waals surface area contributed by atoms with Gasteiger partial charge < -0.3 is 9.64 Å². The molecule has 0 atom stereocenters. The summed E-state index contributed by atoms with van der Waals surface area (Å²) in [6.45, 7) is 12.0. The van der Waals surface area contributed by atoms with E-state index in [0.717, 1.165) is 53.8 Å². The number of thiazole rings is 1. The van der Waals surface area contributed by atoms with Gasteiger partial charge in [0.2, 0.25) is 5.91 Å². The molecule has 0 saturated carbocycles. The van der Waals surface area contributed by atoms with E-state index in [1.54, 1.807) is 30.2 Å². The fourth-order valence-corrected chi connectivity index (χ4v) is 5.70. The SMILES string of the molecule is CCN(CC)CCN(C(=O)CCCSc1ccc(OC)cc1)c1nc2c(C)ccc(C)c2s1. The summed E-state index contributed by atoms with van der Waals surface area (Å²) in [5, 5.41) is 0.822. The third-order valence-electron chi connectivity index (χ3n) is 5.86. The number of anilines is 1. The first-order valence-electron chi connectivity index (χ1n) is 11.6. The van der Waals surface area contributed by atoms with Gasteiger partial charge in [-0.15, -0.1) is 11.8 Å². The maximum absolute atomic E-state index is 13.3.